The third kappa shape index (κ3) is 4.41. The predicted octanol–water partition coefficient (Wildman–Crippen LogP) is 1.11. The molecule has 32 heavy (non-hydrogen) atoms. The van der Waals surface area contributed by atoms with Crippen LogP contribution in [0, 0.1) is 0 Å². The van der Waals surface area contributed by atoms with Crippen LogP contribution in [0.3, 0.4) is 0 Å². The summed E-state index contributed by atoms with van der Waals surface area (Å²) in [7, 11) is 0. The van der Waals surface area contributed by atoms with Gasteiger partial charge in [0.1, 0.15) is 11.4 Å². The standard InChI is InChI=1S/C22H27N7O3/c1-2-29-19(23)17(20(24)31)18(30)16-13-25-22(27-21(16)29)26-15-5-3-14(4-6-15)7-8-28-9-11-32-12-10-28/h3-6,13H,2,7-12,23H2,1H3,(H2,24,31)(H,25,26,27). The van der Waals surface area contributed by atoms with Crippen LogP contribution in [0.1, 0.15) is 22.8 Å². The minimum atomic E-state index is -0.868. The molecule has 3 heterocycles. The number of rotatable bonds is 7. The number of hydrogen-bond donors (Lipinski definition) is 3. The van der Waals surface area contributed by atoms with Crippen LogP contribution < -0.4 is 22.2 Å². The Kier molecular flexibility index (Phi) is 6.33. The van der Waals surface area contributed by atoms with E-state index in [4.69, 9.17) is 16.2 Å². The van der Waals surface area contributed by atoms with Crippen molar-refractivity contribution in [3.05, 3.63) is 51.8 Å². The Balaban J connectivity index is 1.53. The average molecular weight is 438 g/mol. The van der Waals surface area contributed by atoms with E-state index in [9.17, 15) is 9.59 Å². The zero-order valence-corrected chi connectivity index (χ0v) is 18.0. The second-order valence-corrected chi connectivity index (χ2v) is 7.65. The molecule has 1 aromatic carbocycles. The number of nitrogens with two attached hydrogens (primary N) is 2. The Morgan fingerprint density at radius 2 is 1.94 bits per heavy atom. The summed E-state index contributed by atoms with van der Waals surface area (Å²) in [5.74, 6) is -0.536. The molecule has 2 aromatic heterocycles. The highest BCUT2D eigenvalue weighted by atomic mass is 16.5. The number of ether oxygens (including phenoxy) is 1. The fourth-order valence-electron chi connectivity index (χ4n) is 3.85. The van der Waals surface area contributed by atoms with E-state index in [0.29, 0.717) is 18.1 Å². The first-order valence-electron chi connectivity index (χ1n) is 10.6. The quantitative estimate of drug-likeness (QED) is 0.499. The lowest BCUT2D eigenvalue weighted by Crippen LogP contribution is -2.37. The van der Waals surface area contributed by atoms with Gasteiger partial charge >= 0.3 is 0 Å². The summed E-state index contributed by atoms with van der Waals surface area (Å²) in [6, 6.07) is 8.09. The maximum absolute atomic E-state index is 12.6. The lowest BCUT2D eigenvalue weighted by atomic mass is 10.1. The smallest absolute Gasteiger partial charge is 0.256 e. The molecule has 4 rings (SSSR count). The van der Waals surface area contributed by atoms with Crippen molar-refractivity contribution in [1.82, 2.24) is 19.4 Å². The Morgan fingerprint density at radius 3 is 2.59 bits per heavy atom. The van der Waals surface area contributed by atoms with Crippen molar-refractivity contribution in [1.29, 1.82) is 0 Å². The van der Waals surface area contributed by atoms with Crippen molar-refractivity contribution in [2.45, 2.75) is 19.9 Å². The van der Waals surface area contributed by atoms with Crippen LogP contribution in [-0.2, 0) is 17.7 Å². The van der Waals surface area contributed by atoms with E-state index in [1.165, 1.54) is 11.8 Å². The lowest BCUT2D eigenvalue weighted by Gasteiger charge is -2.26. The van der Waals surface area contributed by atoms with Gasteiger partial charge in [0.2, 0.25) is 11.4 Å². The topological polar surface area (TPSA) is 141 Å². The third-order valence-corrected chi connectivity index (χ3v) is 5.64. The number of carbonyl (C=O) groups excluding carboxylic acids is 1. The molecule has 0 spiro atoms. The maximum Gasteiger partial charge on any atom is 0.256 e. The van der Waals surface area contributed by atoms with Crippen LogP contribution in [0.5, 0.6) is 0 Å². The van der Waals surface area contributed by atoms with Crippen molar-refractivity contribution >= 4 is 34.4 Å². The molecule has 10 nitrogen and oxygen atoms in total. The second-order valence-electron chi connectivity index (χ2n) is 7.65. The van der Waals surface area contributed by atoms with Gasteiger partial charge in [0.05, 0.1) is 18.6 Å². The average Bonchev–Trinajstić information content (AvgIpc) is 2.79. The first-order valence-corrected chi connectivity index (χ1v) is 10.6. The molecule has 168 valence electrons. The van der Waals surface area contributed by atoms with Gasteiger partial charge in [-0.05, 0) is 31.0 Å². The van der Waals surface area contributed by atoms with Gasteiger partial charge in [-0.3, -0.25) is 14.5 Å². The van der Waals surface area contributed by atoms with E-state index >= 15 is 0 Å². The lowest BCUT2D eigenvalue weighted by molar-refractivity contribution is 0.0384. The zero-order valence-electron chi connectivity index (χ0n) is 18.0. The zero-order chi connectivity index (χ0) is 22.7. The minimum Gasteiger partial charge on any atom is -0.384 e. The molecule has 5 N–H and O–H groups in total. The number of benzene rings is 1. The Bertz CT molecular complexity index is 1180. The predicted molar refractivity (Wildman–Crippen MR) is 123 cm³/mol. The maximum atomic E-state index is 12.6. The highest BCUT2D eigenvalue weighted by Crippen LogP contribution is 2.20. The number of anilines is 3. The van der Waals surface area contributed by atoms with Crippen molar-refractivity contribution in [3.63, 3.8) is 0 Å². The number of nitrogens with zero attached hydrogens (tertiary/aromatic N) is 4. The SMILES string of the molecule is CCn1c(N)c(C(N)=O)c(=O)c2cnc(Nc3ccc(CCN4CCOCC4)cc3)nc21. The number of nitrogen functional groups attached to an aromatic ring is 1. The van der Waals surface area contributed by atoms with E-state index in [0.717, 1.165) is 45.0 Å². The molecule has 0 radical (unpaired) electrons. The van der Waals surface area contributed by atoms with Gasteiger partial charge in [-0.1, -0.05) is 12.1 Å². The Hall–Kier alpha value is -3.50. The summed E-state index contributed by atoms with van der Waals surface area (Å²) in [4.78, 5) is 35.4. The third-order valence-electron chi connectivity index (χ3n) is 5.64. The van der Waals surface area contributed by atoms with Gasteiger partial charge < -0.3 is 26.1 Å². The molecule has 0 saturated carbocycles. The van der Waals surface area contributed by atoms with Crippen LogP contribution in [-0.4, -0.2) is 58.2 Å². The molecule has 1 saturated heterocycles. The molecule has 3 aromatic rings. The van der Waals surface area contributed by atoms with Crippen molar-refractivity contribution in [2.24, 2.45) is 5.73 Å². The number of morpholine rings is 1. The number of carbonyl (C=O) groups is 1. The van der Waals surface area contributed by atoms with Gasteiger partial charge in [0.15, 0.2) is 5.65 Å². The van der Waals surface area contributed by atoms with Crippen molar-refractivity contribution < 1.29 is 9.53 Å². The monoisotopic (exact) mass is 437 g/mol. The summed E-state index contributed by atoms with van der Waals surface area (Å²) < 4.78 is 6.97. The van der Waals surface area contributed by atoms with Gasteiger partial charge in [0.25, 0.3) is 5.91 Å². The Morgan fingerprint density at radius 1 is 1.22 bits per heavy atom. The van der Waals surface area contributed by atoms with Crippen LogP contribution in [0.15, 0.2) is 35.3 Å². The summed E-state index contributed by atoms with van der Waals surface area (Å²) in [5, 5.41) is 3.35. The van der Waals surface area contributed by atoms with E-state index in [1.807, 2.05) is 19.1 Å². The number of nitrogens with one attached hydrogen (secondary N) is 1. The van der Waals surface area contributed by atoms with Crippen LogP contribution in [0.25, 0.3) is 11.0 Å². The summed E-state index contributed by atoms with van der Waals surface area (Å²) >= 11 is 0. The highest BCUT2D eigenvalue weighted by molar-refractivity contribution is 6.00. The molecule has 1 aliphatic heterocycles. The number of aromatic nitrogens is 3. The van der Waals surface area contributed by atoms with E-state index in [2.05, 4.69) is 32.3 Å². The van der Waals surface area contributed by atoms with Crippen LogP contribution >= 0.6 is 0 Å². The molecule has 1 fully saturated rings. The van der Waals surface area contributed by atoms with Crippen LogP contribution in [0.4, 0.5) is 17.5 Å². The fraction of sp³-hybridized carbons (Fsp3) is 0.364. The largest absolute Gasteiger partial charge is 0.384 e. The molecule has 0 unspecified atom stereocenters. The first kappa shape index (κ1) is 21.7. The first-order chi connectivity index (χ1) is 15.5. The van der Waals surface area contributed by atoms with Gasteiger partial charge in [0, 0.05) is 38.1 Å². The number of hydrogen-bond acceptors (Lipinski definition) is 8. The summed E-state index contributed by atoms with van der Waals surface area (Å²) in [5.41, 5.74) is 13.0. The molecule has 0 aliphatic carbocycles. The minimum absolute atomic E-state index is 0.00627. The second kappa shape index (κ2) is 9.33. The molecule has 1 aliphatic rings. The van der Waals surface area contributed by atoms with Gasteiger partial charge in [-0.15, -0.1) is 0 Å². The van der Waals surface area contributed by atoms with Crippen molar-refractivity contribution in [2.75, 3.05) is 43.9 Å². The normalized spacial score (nSPS) is 14.5. The molecular formula is C22H27N7O3. The van der Waals surface area contributed by atoms with E-state index in [1.54, 1.807) is 4.57 Å². The number of amides is 1. The van der Waals surface area contributed by atoms with Crippen molar-refractivity contribution in [3.8, 4) is 0 Å². The number of primary amides is 1. The number of pyridine rings is 1. The fourth-order valence-corrected chi connectivity index (χ4v) is 3.85. The Labute approximate surface area is 185 Å². The molecule has 0 atom stereocenters. The number of fused-ring (bicyclic) bond motifs is 1. The summed E-state index contributed by atoms with van der Waals surface area (Å²) in [6.45, 7) is 6.83. The van der Waals surface area contributed by atoms with Gasteiger partial charge in [-0.25, -0.2) is 4.98 Å². The molecule has 1 amide bonds. The van der Waals surface area contributed by atoms with E-state index in [-0.39, 0.29) is 16.8 Å². The van der Waals surface area contributed by atoms with Crippen LogP contribution in [0.2, 0.25) is 0 Å². The highest BCUT2D eigenvalue weighted by Gasteiger charge is 2.20. The van der Waals surface area contributed by atoms with E-state index < -0.39 is 11.3 Å². The molecule has 0 bridgehead atoms. The molecular weight excluding hydrogens is 410 g/mol. The number of aryl methyl sites for hydroxylation is 1. The van der Waals surface area contributed by atoms with Gasteiger partial charge in [-0.2, -0.15) is 4.98 Å². The summed E-state index contributed by atoms with van der Waals surface area (Å²) in [6.07, 6.45) is 2.36. The molecule has 10 heteroatoms.